The molecule has 0 saturated heterocycles. The van der Waals surface area contributed by atoms with E-state index in [1.807, 2.05) is 0 Å². The van der Waals surface area contributed by atoms with Crippen LogP contribution < -0.4 is 0 Å². The summed E-state index contributed by atoms with van der Waals surface area (Å²) in [6, 6.07) is 8.15. The third-order valence-electron chi connectivity index (χ3n) is 5.27. The van der Waals surface area contributed by atoms with E-state index in [9.17, 15) is 60.7 Å². The van der Waals surface area contributed by atoms with Gasteiger partial charge in [0.25, 0.3) is 34.1 Å². The van der Waals surface area contributed by atoms with Gasteiger partial charge >= 0.3 is 0 Å². The molecule has 0 spiro atoms. The minimum absolute atomic E-state index is 0.367. The molecule has 0 aliphatic rings. The first-order chi connectivity index (χ1) is 18.8. The van der Waals surface area contributed by atoms with Crippen LogP contribution in [-0.4, -0.2) is 29.5 Å². The van der Waals surface area contributed by atoms with Gasteiger partial charge in [-0.15, -0.1) is 0 Å². The average molecular weight is 552 g/mol. The van der Waals surface area contributed by atoms with Crippen LogP contribution >= 0.6 is 0 Å². The normalized spacial score (nSPS) is 11.0. The van der Waals surface area contributed by atoms with Crippen LogP contribution in [-0.2, 0) is 0 Å². The lowest BCUT2D eigenvalue weighted by Gasteiger charge is -2.02. The number of nitrogens with zero attached hydrogens (tertiary/aromatic N) is 6. The Morgan fingerprint density at radius 3 is 0.850 bits per heavy atom. The Hall–Kier alpha value is -6.46. The maximum atomic E-state index is 11.4. The molecule has 3 aromatic rings. The summed E-state index contributed by atoms with van der Waals surface area (Å²) in [6.07, 6.45) is 4.60. The minimum atomic E-state index is -1.00. The Labute approximate surface area is 220 Å². The molecule has 3 aromatic carbocycles. The van der Waals surface area contributed by atoms with Crippen LogP contribution in [0.15, 0.2) is 48.5 Å². The predicted molar refractivity (Wildman–Crippen MR) is 137 cm³/mol. The van der Waals surface area contributed by atoms with E-state index in [2.05, 4.69) is 0 Å². The first-order valence-electron chi connectivity index (χ1n) is 10.5. The number of hydrogen-bond acceptors (Lipinski definition) is 12. The fourth-order valence-electron chi connectivity index (χ4n) is 3.45. The van der Waals surface area contributed by atoms with Gasteiger partial charge in [-0.05, 0) is 23.3 Å². The van der Waals surface area contributed by atoms with E-state index in [4.69, 9.17) is 0 Å². The topological polar surface area (TPSA) is 259 Å². The summed E-state index contributed by atoms with van der Waals surface area (Å²) in [5.41, 5.74) is -5.33. The Morgan fingerprint density at radius 2 is 0.650 bits per heavy atom. The number of rotatable bonds is 10. The smallest absolute Gasteiger partial charge is 0.258 e. The number of nitro benzene ring substituents is 6. The number of benzene rings is 3. The van der Waals surface area contributed by atoms with Crippen molar-refractivity contribution in [2.24, 2.45) is 0 Å². The monoisotopic (exact) mass is 552 g/mol. The summed E-state index contributed by atoms with van der Waals surface area (Å²) in [4.78, 5) is 61.6. The molecular weight excluding hydrogens is 540 g/mol. The Balaban J connectivity index is 1.98. The molecule has 0 heterocycles. The number of non-ortho nitro benzene ring substituents is 2. The van der Waals surface area contributed by atoms with Gasteiger partial charge in [0.15, 0.2) is 0 Å². The Morgan fingerprint density at radius 1 is 0.400 bits per heavy atom. The number of nitro groups is 6. The molecule has 0 aliphatic heterocycles. The van der Waals surface area contributed by atoms with Crippen molar-refractivity contribution in [3.05, 3.63) is 131 Å². The fraction of sp³-hybridized carbons (Fsp3) is 0. The second-order valence-corrected chi connectivity index (χ2v) is 7.67. The molecule has 40 heavy (non-hydrogen) atoms. The van der Waals surface area contributed by atoms with Crippen LogP contribution in [0.3, 0.4) is 0 Å². The van der Waals surface area contributed by atoms with Crippen molar-refractivity contribution in [1.82, 2.24) is 0 Å². The molecule has 0 N–H and O–H groups in total. The van der Waals surface area contributed by atoms with Crippen molar-refractivity contribution < 1.29 is 29.5 Å². The van der Waals surface area contributed by atoms with Crippen LogP contribution in [0.5, 0.6) is 0 Å². The zero-order chi connectivity index (χ0) is 29.7. The van der Waals surface area contributed by atoms with Gasteiger partial charge in [-0.25, -0.2) is 0 Å². The quantitative estimate of drug-likeness (QED) is 0.172. The lowest BCUT2D eigenvalue weighted by atomic mass is 10.0. The van der Waals surface area contributed by atoms with Crippen molar-refractivity contribution in [3.8, 4) is 0 Å². The van der Waals surface area contributed by atoms with Gasteiger partial charge in [-0.3, -0.25) is 60.7 Å². The summed E-state index contributed by atoms with van der Waals surface area (Å²) in [5.74, 6) is 0. The summed E-state index contributed by atoms with van der Waals surface area (Å²) in [7, 11) is 0. The van der Waals surface area contributed by atoms with Crippen molar-refractivity contribution >= 4 is 58.4 Å². The molecule has 0 radical (unpaired) electrons. The first kappa shape index (κ1) is 28.1. The van der Waals surface area contributed by atoms with Crippen LogP contribution in [0.2, 0.25) is 0 Å². The maximum Gasteiger partial charge on any atom is 0.290 e. The molecule has 0 fully saturated rings. The van der Waals surface area contributed by atoms with Gasteiger partial charge in [0.1, 0.15) is 11.1 Å². The highest BCUT2D eigenvalue weighted by Gasteiger charge is 2.30. The molecule has 0 bridgehead atoms. The molecule has 18 nitrogen and oxygen atoms in total. The van der Waals surface area contributed by atoms with Gasteiger partial charge in [-0.1, -0.05) is 36.4 Å². The lowest BCUT2D eigenvalue weighted by Crippen LogP contribution is -2.00. The van der Waals surface area contributed by atoms with Crippen LogP contribution in [0.25, 0.3) is 24.3 Å². The third-order valence-corrected chi connectivity index (χ3v) is 5.27. The van der Waals surface area contributed by atoms with E-state index in [1.165, 1.54) is 36.4 Å². The summed E-state index contributed by atoms with van der Waals surface area (Å²) >= 11 is 0. The highest BCUT2D eigenvalue weighted by atomic mass is 16.6. The summed E-state index contributed by atoms with van der Waals surface area (Å²) < 4.78 is 0. The fourth-order valence-corrected chi connectivity index (χ4v) is 3.45. The predicted octanol–water partition coefficient (Wildman–Crippen LogP) is 5.48. The van der Waals surface area contributed by atoms with Crippen LogP contribution in [0.4, 0.5) is 34.1 Å². The molecule has 0 amide bonds. The van der Waals surface area contributed by atoms with Crippen molar-refractivity contribution in [2.45, 2.75) is 0 Å². The lowest BCUT2D eigenvalue weighted by molar-refractivity contribution is -0.403. The Bertz CT molecular complexity index is 1470. The minimum Gasteiger partial charge on any atom is -0.258 e. The largest absolute Gasteiger partial charge is 0.290 e. The van der Waals surface area contributed by atoms with Gasteiger partial charge in [0.05, 0.1) is 53.8 Å². The van der Waals surface area contributed by atoms with Crippen LogP contribution in [0.1, 0.15) is 22.3 Å². The van der Waals surface area contributed by atoms with Gasteiger partial charge in [0.2, 0.25) is 0 Å². The standard InChI is InChI=1S/C22H12N6O12/c29-23(30)15-9-19(25(33)34)17(20(10-15)26(35)36)7-5-13-1-2-14(4-3-13)6-8-18-21(27(37)38)11-16(24(31)32)12-22(18)28(39)40/h1-12H. The van der Waals surface area contributed by atoms with Crippen molar-refractivity contribution in [2.75, 3.05) is 0 Å². The molecule has 0 aromatic heterocycles. The first-order valence-corrected chi connectivity index (χ1v) is 10.5. The second kappa shape index (κ2) is 11.3. The van der Waals surface area contributed by atoms with Gasteiger partial charge in [-0.2, -0.15) is 0 Å². The molecule has 0 atom stereocenters. The van der Waals surface area contributed by atoms with Crippen LogP contribution in [0, 0.1) is 60.7 Å². The highest BCUT2D eigenvalue weighted by molar-refractivity contribution is 5.83. The van der Waals surface area contributed by atoms with E-state index in [1.54, 1.807) is 0 Å². The summed E-state index contributed by atoms with van der Waals surface area (Å²) in [6.45, 7) is 0. The molecule has 3 rings (SSSR count). The van der Waals surface area contributed by atoms with E-state index in [0.717, 1.165) is 12.2 Å². The molecule has 0 saturated carbocycles. The van der Waals surface area contributed by atoms with E-state index in [-0.39, 0.29) is 0 Å². The average Bonchev–Trinajstić information content (AvgIpc) is 2.89. The SMILES string of the molecule is O=[N+]([O-])c1cc([N+](=O)[O-])c(C=Cc2ccc(C=Cc3c([N+](=O)[O-])cc([N+](=O)[O-])cc3[N+](=O)[O-])cc2)c([N+](=O)[O-])c1. The molecule has 0 unspecified atom stereocenters. The maximum absolute atomic E-state index is 11.4. The second-order valence-electron chi connectivity index (χ2n) is 7.67. The van der Waals surface area contributed by atoms with Gasteiger partial charge in [0, 0.05) is 0 Å². The number of hydrogen-bond donors (Lipinski definition) is 0. The van der Waals surface area contributed by atoms with E-state index in [0.29, 0.717) is 35.4 Å². The van der Waals surface area contributed by atoms with Crippen molar-refractivity contribution in [1.29, 1.82) is 0 Å². The van der Waals surface area contributed by atoms with E-state index < -0.39 is 74.8 Å². The summed E-state index contributed by atoms with van der Waals surface area (Å²) in [5, 5.41) is 67.6. The molecule has 202 valence electrons. The molecule has 18 heteroatoms. The Kier molecular flexibility index (Phi) is 7.94. The molecule has 0 aliphatic carbocycles. The van der Waals surface area contributed by atoms with Gasteiger partial charge < -0.3 is 0 Å². The van der Waals surface area contributed by atoms with E-state index >= 15 is 0 Å². The highest BCUT2D eigenvalue weighted by Crippen LogP contribution is 2.36. The zero-order valence-corrected chi connectivity index (χ0v) is 19.5. The third kappa shape index (κ3) is 6.08. The molecular formula is C22H12N6O12. The zero-order valence-electron chi connectivity index (χ0n) is 19.5. The van der Waals surface area contributed by atoms with Crippen molar-refractivity contribution in [3.63, 3.8) is 0 Å².